The molecule has 8 heteroatoms. The third-order valence-corrected chi connectivity index (χ3v) is 4.35. The number of rotatable bonds is 7. The summed E-state index contributed by atoms with van der Waals surface area (Å²) in [5.41, 5.74) is 1.11. The van der Waals surface area contributed by atoms with E-state index in [1.165, 1.54) is 11.9 Å². The summed E-state index contributed by atoms with van der Waals surface area (Å²) in [7, 11) is 1.50. The lowest BCUT2D eigenvalue weighted by atomic mass is 10.1. The van der Waals surface area contributed by atoms with Crippen LogP contribution in [0.15, 0.2) is 24.3 Å². The van der Waals surface area contributed by atoms with Crippen LogP contribution in [0.3, 0.4) is 0 Å². The molecule has 0 aromatic heterocycles. The Bertz CT molecular complexity index is 706. The number of esters is 1. The van der Waals surface area contributed by atoms with Gasteiger partial charge in [-0.2, -0.15) is 0 Å². The van der Waals surface area contributed by atoms with Gasteiger partial charge in [-0.25, -0.2) is 4.79 Å². The highest BCUT2D eigenvalue weighted by Crippen LogP contribution is 2.10. The van der Waals surface area contributed by atoms with E-state index in [-0.39, 0.29) is 18.0 Å². The first-order valence-electron chi connectivity index (χ1n) is 9.75. The zero-order chi connectivity index (χ0) is 21.4. The Morgan fingerprint density at radius 3 is 2.34 bits per heavy atom. The molecule has 0 radical (unpaired) electrons. The quantitative estimate of drug-likeness (QED) is 0.682. The van der Waals surface area contributed by atoms with Gasteiger partial charge in [-0.1, -0.05) is 12.1 Å². The fourth-order valence-electron chi connectivity index (χ4n) is 2.85. The smallest absolute Gasteiger partial charge is 0.338 e. The normalized spacial score (nSPS) is 14.9. The minimum absolute atomic E-state index is 0.0934. The van der Waals surface area contributed by atoms with E-state index in [1.54, 1.807) is 12.1 Å². The van der Waals surface area contributed by atoms with Crippen molar-refractivity contribution in [2.75, 3.05) is 46.5 Å². The minimum atomic E-state index is -0.566. The van der Waals surface area contributed by atoms with Crippen molar-refractivity contribution < 1.29 is 23.9 Å². The van der Waals surface area contributed by atoms with Crippen molar-refractivity contribution in [3.05, 3.63) is 35.4 Å². The first-order chi connectivity index (χ1) is 13.6. The van der Waals surface area contributed by atoms with Crippen LogP contribution in [-0.2, 0) is 25.6 Å². The molecule has 0 unspecified atom stereocenters. The van der Waals surface area contributed by atoms with E-state index < -0.39 is 18.5 Å². The molecule has 0 aliphatic carbocycles. The largest absolute Gasteiger partial charge is 0.452 e. The van der Waals surface area contributed by atoms with Gasteiger partial charge in [0, 0.05) is 32.2 Å². The summed E-state index contributed by atoms with van der Waals surface area (Å²) in [6.45, 7) is 9.16. The van der Waals surface area contributed by atoms with Gasteiger partial charge >= 0.3 is 5.97 Å². The second-order valence-electron chi connectivity index (χ2n) is 8.21. The maximum atomic E-state index is 12.2. The molecule has 1 aliphatic heterocycles. The van der Waals surface area contributed by atoms with Crippen molar-refractivity contribution in [1.29, 1.82) is 0 Å². The highest BCUT2D eigenvalue weighted by molar-refractivity contribution is 5.92. The molecule has 0 atom stereocenters. The van der Waals surface area contributed by atoms with Crippen LogP contribution in [0.2, 0.25) is 0 Å². The van der Waals surface area contributed by atoms with Crippen LogP contribution in [0.1, 0.15) is 36.7 Å². The molecule has 1 aromatic carbocycles. The Balaban J connectivity index is 1.77. The first kappa shape index (κ1) is 22.8. The minimum Gasteiger partial charge on any atom is -0.452 e. The van der Waals surface area contributed by atoms with Crippen molar-refractivity contribution in [1.82, 2.24) is 15.1 Å². The predicted molar refractivity (Wildman–Crippen MR) is 108 cm³/mol. The summed E-state index contributed by atoms with van der Waals surface area (Å²) < 4.78 is 10.4. The van der Waals surface area contributed by atoms with E-state index in [0.29, 0.717) is 5.56 Å². The molecule has 0 spiro atoms. The van der Waals surface area contributed by atoms with Crippen molar-refractivity contribution in [2.24, 2.45) is 0 Å². The number of nitrogens with zero attached hydrogens (tertiary/aromatic N) is 2. The third-order valence-electron chi connectivity index (χ3n) is 4.35. The van der Waals surface area contributed by atoms with Crippen molar-refractivity contribution in [2.45, 2.75) is 32.9 Å². The second-order valence-corrected chi connectivity index (χ2v) is 8.21. The summed E-state index contributed by atoms with van der Waals surface area (Å²) >= 11 is 0. The van der Waals surface area contributed by atoms with E-state index >= 15 is 0 Å². The average molecular weight is 405 g/mol. The van der Waals surface area contributed by atoms with E-state index in [4.69, 9.17) is 9.47 Å². The number of hydrogen-bond acceptors (Lipinski definition) is 6. The van der Waals surface area contributed by atoms with Gasteiger partial charge in [-0.3, -0.25) is 14.5 Å². The molecule has 2 rings (SSSR count). The molecule has 29 heavy (non-hydrogen) atoms. The summed E-state index contributed by atoms with van der Waals surface area (Å²) in [5.74, 6) is -1.27. The van der Waals surface area contributed by atoms with Crippen LogP contribution < -0.4 is 5.32 Å². The predicted octanol–water partition coefficient (Wildman–Crippen LogP) is 1.05. The van der Waals surface area contributed by atoms with Crippen LogP contribution in [0.5, 0.6) is 0 Å². The van der Waals surface area contributed by atoms with E-state index in [9.17, 15) is 14.4 Å². The number of carbonyl (C=O) groups is 3. The third kappa shape index (κ3) is 8.21. The number of carbonyl (C=O) groups excluding carboxylic acids is 3. The summed E-state index contributed by atoms with van der Waals surface area (Å²) in [5, 5.41) is 2.78. The van der Waals surface area contributed by atoms with Crippen LogP contribution in [0.25, 0.3) is 0 Å². The van der Waals surface area contributed by atoms with Crippen LogP contribution in [0.4, 0.5) is 0 Å². The SMILES string of the molecule is CN(CC(=O)NC(C)(C)C)C(=O)COC(=O)c1ccc(CN2CCOCC2)cc1. The molecule has 160 valence electrons. The van der Waals surface area contributed by atoms with Crippen LogP contribution in [-0.4, -0.2) is 79.6 Å². The van der Waals surface area contributed by atoms with Gasteiger partial charge in [0.15, 0.2) is 6.61 Å². The second kappa shape index (κ2) is 10.4. The van der Waals surface area contributed by atoms with Gasteiger partial charge < -0.3 is 19.7 Å². The Kier molecular flexibility index (Phi) is 8.16. The summed E-state index contributed by atoms with van der Waals surface area (Å²) in [6, 6.07) is 7.17. The summed E-state index contributed by atoms with van der Waals surface area (Å²) in [6.07, 6.45) is 0. The lowest BCUT2D eigenvalue weighted by Crippen LogP contribution is -2.46. The molecule has 1 fully saturated rings. The molecule has 2 amide bonds. The monoisotopic (exact) mass is 405 g/mol. The number of hydrogen-bond donors (Lipinski definition) is 1. The van der Waals surface area contributed by atoms with Crippen molar-refractivity contribution >= 4 is 17.8 Å². The van der Waals surface area contributed by atoms with E-state index in [1.807, 2.05) is 32.9 Å². The average Bonchev–Trinajstić information content (AvgIpc) is 2.65. The molecule has 0 saturated carbocycles. The zero-order valence-corrected chi connectivity index (χ0v) is 17.7. The fourth-order valence-corrected chi connectivity index (χ4v) is 2.85. The molecule has 1 heterocycles. The molecule has 1 aromatic rings. The Morgan fingerprint density at radius 2 is 1.76 bits per heavy atom. The molecule has 1 saturated heterocycles. The lowest BCUT2D eigenvalue weighted by molar-refractivity contribution is -0.137. The Morgan fingerprint density at radius 1 is 1.14 bits per heavy atom. The Hall–Kier alpha value is -2.45. The zero-order valence-electron chi connectivity index (χ0n) is 17.7. The van der Waals surface area contributed by atoms with Crippen LogP contribution in [0, 0.1) is 0 Å². The molecule has 8 nitrogen and oxygen atoms in total. The maximum Gasteiger partial charge on any atom is 0.338 e. The fraction of sp³-hybridized carbons (Fsp3) is 0.571. The lowest BCUT2D eigenvalue weighted by Gasteiger charge is -2.26. The number of ether oxygens (including phenoxy) is 2. The Labute approximate surface area is 172 Å². The maximum absolute atomic E-state index is 12.2. The molecular formula is C21H31N3O5. The van der Waals surface area contributed by atoms with Gasteiger partial charge in [0.1, 0.15) is 0 Å². The summed E-state index contributed by atoms with van der Waals surface area (Å²) in [4.78, 5) is 39.7. The van der Waals surface area contributed by atoms with Crippen LogP contribution >= 0.6 is 0 Å². The van der Waals surface area contributed by atoms with Gasteiger partial charge in [0.25, 0.3) is 5.91 Å². The number of morpholine rings is 1. The number of benzene rings is 1. The topological polar surface area (TPSA) is 88.2 Å². The highest BCUT2D eigenvalue weighted by Gasteiger charge is 2.19. The molecule has 1 N–H and O–H groups in total. The number of amides is 2. The number of likely N-dealkylation sites (N-methyl/N-ethyl adjacent to an activating group) is 1. The first-order valence-corrected chi connectivity index (χ1v) is 9.75. The van der Waals surface area contributed by atoms with Gasteiger partial charge in [-0.15, -0.1) is 0 Å². The van der Waals surface area contributed by atoms with Gasteiger partial charge in [0.05, 0.1) is 25.3 Å². The van der Waals surface area contributed by atoms with Crippen molar-refractivity contribution in [3.8, 4) is 0 Å². The number of nitrogens with one attached hydrogen (secondary N) is 1. The van der Waals surface area contributed by atoms with Crippen molar-refractivity contribution in [3.63, 3.8) is 0 Å². The van der Waals surface area contributed by atoms with E-state index in [0.717, 1.165) is 38.4 Å². The molecular weight excluding hydrogens is 374 g/mol. The van der Waals surface area contributed by atoms with Gasteiger partial charge in [0.2, 0.25) is 5.91 Å². The standard InChI is InChI=1S/C21H31N3O5/c1-21(2,3)22-18(25)14-23(4)19(26)15-29-20(27)17-7-5-16(6-8-17)13-24-9-11-28-12-10-24/h5-8H,9-15H2,1-4H3,(H,22,25). The highest BCUT2D eigenvalue weighted by atomic mass is 16.5. The molecule has 0 bridgehead atoms. The van der Waals surface area contributed by atoms with Gasteiger partial charge in [-0.05, 0) is 38.5 Å². The molecule has 1 aliphatic rings. The van der Waals surface area contributed by atoms with E-state index in [2.05, 4.69) is 10.2 Å².